The first-order valence-electron chi connectivity index (χ1n) is 6.93. The van der Waals surface area contributed by atoms with Gasteiger partial charge in [0.05, 0.1) is 10.4 Å². The molecular formula is C16H20BrNOS. The van der Waals surface area contributed by atoms with E-state index in [0.717, 1.165) is 31.7 Å². The summed E-state index contributed by atoms with van der Waals surface area (Å²) in [6.07, 6.45) is 2.07. The van der Waals surface area contributed by atoms with Gasteiger partial charge in [-0.2, -0.15) is 0 Å². The van der Waals surface area contributed by atoms with Crippen LogP contribution in [0.25, 0.3) is 0 Å². The van der Waals surface area contributed by atoms with Crippen LogP contribution in [0.5, 0.6) is 5.75 Å². The lowest BCUT2D eigenvalue weighted by Crippen LogP contribution is -2.32. The van der Waals surface area contributed by atoms with E-state index in [1.165, 1.54) is 8.66 Å². The quantitative estimate of drug-likeness (QED) is 0.754. The minimum absolute atomic E-state index is 0.467. The van der Waals surface area contributed by atoms with Crippen LogP contribution in [0.1, 0.15) is 18.2 Å². The maximum Gasteiger partial charge on any atom is 0.119 e. The Hall–Kier alpha value is -0.840. The van der Waals surface area contributed by atoms with Crippen molar-refractivity contribution in [3.05, 3.63) is 51.1 Å². The zero-order valence-corrected chi connectivity index (χ0v) is 14.0. The first-order chi connectivity index (χ1) is 9.78. The van der Waals surface area contributed by atoms with Gasteiger partial charge in [0, 0.05) is 10.9 Å². The molecule has 1 N–H and O–H groups in total. The lowest BCUT2D eigenvalue weighted by Gasteiger charge is -2.17. The van der Waals surface area contributed by atoms with Crippen LogP contribution in [0.15, 0.2) is 46.3 Å². The molecule has 2 rings (SSSR count). The monoisotopic (exact) mass is 353 g/mol. The van der Waals surface area contributed by atoms with Crippen molar-refractivity contribution in [2.45, 2.75) is 25.8 Å². The molecule has 1 aromatic carbocycles. The SMILES string of the molecule is CCNC(CCOc1ccccc1)Cc1ccc(Br)s1. The largest absolute Gasteiger partial charge is 0.494 e. The van der Waals surface area contributed by atoms with Crippen LogP contribution in [-0.4, -0.2) is 19.2 Å². The molecule has 0 bridgehead atoms. The molecule has 0 saturated heterocycles. The van der Waals surface area contributed by atoms with Gasteiger partial charge in [0.25, 0.3) is 0 Å². The van der Waals surface area contributed by atoms with Crippen LogP contribution in [0, 0.1) is 0 Å². The third kappa shape index (κ3) is 5.27. The molecular weight excluding hydrogens is 334 g/mol. The van der Waals surface area contributed by atoms with Crippen LogP contribution in [0.2, 0.25) is 0 Å². The summed E-state index contributed by atoms with van der Waals surface area (Å²) in [5.41, 5.74) is 0. The molecule has 0 aliphatic carbocycles. The summed E-state index contributed by atoms with van der Waals surface area (Å²) in [4.78, 5) is 1.41. The molecule has 0 aliphatic rings. The molecule has 2 aromatic rings. The number of thiophene rings is 1. The van der Waals surface area contributed by atoms with E-state index < -0.39 is 0 Å². The number of para-hydroxylation sites is 1. The fourth-order valence-corrected chi connectivity index (χ4v) is 3.67. The average Bonchev–Trinajstić information content (AvgIpc) is 2.85. The normalized spacial score (nSPS) is 12.3. The van der Waals surface area contributed by atoms with Crippen molar-refractivity contribution < 1.29 is 4.74 Å². The lowest BCUT2D eigenvalue weighted by molar-refractivity contribution is 0.286. The topological polar surface area (TPSA) is 21.3 Å². The van der Waals surface area contributed by atoms with Gasteiger partial charge in [-0.15, -0.1) is 11.3 Å². The van der Waals surface area contributed by atoms with Crippen LogP contribution >= 0.6 is 27.3 Å². The minimum atomic E-state index is 0.467. The van der Waals surface area contributed by atoms with Crippen LogP contribution < -0.4 is 10.1 Å². The molecule has 108 valence electrons. The van der Waals surface area contributed by atoms with Crippen LogP contribution in [-0.2, 0) is 6.42 Å². The van der Waals surface area contributed by atoms with E-state index in [9.17, 15) is 0 Å². The molecule has 4 heteroatoms. The zero-order valence-electron chi connectivity index (χ0n) is 11.6. The van der Waals surface area contributed by atoms with E-state index in [0.29, 0.717) is 6.04 Å². The van der Waals surface area contributed by atoms with E-state index in [4.69, 9.17) is 4.74 Å². The Bertz CT molecular complexity index is 500. The van der Waals surface area contributed by atoms with E-state index in [1.807, 2.05) is 41.7 Å². The number of nitrogens with one attached hydrogen (secondary N) is 1. The first-order valence-corrected chi connectivity index (χ1v) is 8.54. The van der Waals surface area contributed by atoms with Crippen molar-refractivity contribution >= 4 is 27.3 Å². The molecule has 0 spiro atoms. The van der Waals surface area contributed by atoms with Gasteiger partial charge in [-0.25, -0.2) is 0 Å². The number of hydrogen-bond acceptors (Lipinski definition) is 3. The Morgan fingerprint density at radius 2 is 2.00 bits per heavy atom. The van der Waals surface area contributed by atoms with Crippen molar-refractivity contribution in [2.24, 2.45) is 0 Å². The van der Waals surface area contributed by atoms with Crippen molar-refractivity contribution in [3.8, 4) is 5.75 Å². The second-order valence-electron chi connectivity index (χ2n) is 4.61. The number of halogens is 1. The van der Waals surface area contributed by atoms with E-state index in [2.05, 4.69) is 40.3 Å². The Kier molecular flexibility index (Phi) is 6.57. The third-order valence-corrected chi connectivity index (χ3v) is 4.69. The molecule has 0 amide bonds. The number of ether oxygens (including phenoxy) is 1. The molecule has 0 radical (unpaired) electrons. The minimum Gasteiger partial charge on any atom is -0.494 e. The fraction of sp³-hybridized carbons (Fsp3) is 0.375. The Morgan fingerprint density at radius 1 is 1.20 bits per heavy atom. The van der Waals surface area contributed by atoms with Gasteiger partial charge < -0.3 is 10.1 Å². The molecule has 1 aromatic heterocycles. The van der Waals surface area contributed by atoms with E-state index in [1.54, 1.807) is 0 Å². The summed E-state index contributed by atoms with van der Waals surface area (Å²) in [5.74, 6) is 0.946. The number of benzene rings is 1. The maximum absolute atomic E-state index is 5.78. The highest BCUT2D eigenvalue weighted by Gasteiger charge is 2.10. The molecule has 0 aliphatic heterocycles. The van der Waals surface area contributed by atoms with Crippen LogP contribution in [0.3, 0.4) is 0 Å². The van der Waals surface area contributed by atoms with Gasteiger partial charge >= 0.3 is 0 Å². The molecule has 1 unspecified atom stereocenters. The first kappa shape index (κ1) is 15.5. The molecule has 20 heavy (non-hydrogen) atoms. The summed E-state index contributed by atoms with van der Waals surface area (Å²) in [5, 5.41) is 3.54. The molecule has 0 fully saturated rings. The van der Waals surface area contributed by atoms with Crippen molar-refractivity contribution in [2.75, 3.05) is 13.2 Å². The highest BCUT2D eigenvalue weighted by atomic mass is 79.9. The molecule has 0 saturated carbocycles. The number of hydrogen-bond donors (Lipinski definition) is 1. The van der Waals surface area contributed by atoms with Crippen molar-refractivity contribution in [3.63, 3.8) is 0 Å². The fourth-order valence-electron chi connectivity index (χ4n) is 2.11. The Labute approximate surface area is 133 Å². The third-order valence-electron chi connectivity index (χ3n) is 3.05. The highest BCUT2D eigenvalue weighted by molar-refractivity contribution is 9.11. The van der Waals surface area contributed by atoms with Crippen LogP contribution in [0.4, 0.5) is 0 Å². The highest BCUT2D eigenvalue weighted by Crippen LogP contribution is 2.23. The van der Waals surface area contributed by atoms with E-state index >= 15 is 0 Å². The number of rotatable bonds is 8. The van der Waals surface area contributed by atoms with Gasteiger partial charge in [-0.3, -0.25) is 0 Å². The number of likely N-dealkylation sites (N-methyl/N-ethyl adjacent to an activating group) is 1. The standard InChI is InChI=1S/C16H20BrNOS/c1-2-18-13(12-15-8-9-16(17)20-15)10-11-19-14-6-4-3-5-7-14/h3-9,13,18H,2,10-12H2,1H3. The van der Waals surface area contributed by atoms with Gasteiger partial charge in [0.1, 0.15) is 5.75 Å². The van der Waals surface area contributed by atoms with Gasteiger partial charge in [0.2, 0.25) is 0 Å². The summed E-state index contributed by atoms with van der Waals surface area (Å²) >= 11 is 5.33. The summed E-state index contributed by atoms with van der Waals surface area (Å²) in [7, 11) is 0. The van der Waals surface area contributed by atoms with Gasteiger partial charge in [0.15, 0.2) is 0 Å². The predicted molar refractivity (Wildman–Crippen MR) is 89.7 cm³/mol. The van der Waals surface area contributed by atoms with Crippen molar-refractivity contribution in [1.29, 1.82) is 0 Å². The smallest absolute Gasteiger partial charge is 0.119 e. The van der Waals surface area contributed by atoms with Crippen molar-refractivity contribution in [1.82, 2.24) is 5.32 Å². The average molecular weight is 354 g/mol. The Morgan fingerprint density at radius 3 is 2.65 bits per heavy atom. The Balaban J connectivity index is 1.80. The molecule has 1 heterocycles. The summed E-state index contributed by atoms with van der Waals surface area (Å²) in [6, 6.07) is 14.8. The van der Waals surface area contributed by atoms with Gasteiger partial charge in [-0.1, -0.05) is 25.1 Å². The zero-order chi connectivity index (χ0) is 14.2. The van der Waals surface area contributed by atoms with E-state index in [-0.39, 0.29) is 0 Å². The lowest BCUT2D eigenvalue weighted by atomic mass is 10.1. The van der Waals surface area contributed by atoms with Gasteiger partial charge in [-0.05, 0) is 59.6 Å². The predicted octanol–water partition coefficient (Wildman–Crippen LogP) is 4.50. The molecule has 2 nitrogen and oxygen atoms in total. The second kappa shape index (κ2) is 8.45. The summed E-state index contributed by atoms with van der Waals surface area (Å²) < 4.78 is 6.98. The summed E-state index contributed by atoms with van der Waals surface area (Å²) in [6.45, 7) is 3.88. The second-order valence-corrected chi connectivity index (χ2v) is 7.16. The maximum atomic E-state index is 5.78. The molecule has 1 atom stereocenters.